The van der Waals surface area contributed by atoms with Crippen LogP contribution in [0.1, 0.15) is 22.5 Å². The predicted molar refractivity (Wildman–Crippen MR) is 82.9 cm³/mol. The van der Waals surface area contributed by atoms with E-state index in [0.717, 1.165) is 6.42 Å². The standard InChI is InChI=1S/C15H13BrFN3O2/c16-12-9(17)2-1-8-13(18)11-10(19-14(8)12)5-20(15(11)21)7-3-4-22-6-7/h1-2,7H,3-6H2,(H2,18,19)/t7-/m1/s1. The highest BCUT2D eigenvalue weighted by molar-refractivity contribution is 9.10. The molecule has 0 aliphatic carbocycles. The van der Waals surface area contributed by atoms with E-state index in [1.165, 1.54) is 6.07 Å². The first-order valence-corrected chi connectivity index (χ1v) is 7.82. The maximum atomic E-state index is 13.7. The highest BCUT2D eigenvalue weighted by atomic mass is 79.9. The lowest BCUT2D eigenvalue weighted by molar-refractivity contribution is 0.0679. The number of nitrogens with zero attached hydrogens (tertiary/aromatic N) is 2. The molecule has 0 radical (unpaired) electrons. The van der Waals surface area contributed by atoms with Gasteiger partial charge in [0.2, 0.25) is 0 Å². The van der Waals surface area contributed by atoms with E-state index < -0.39 is 5.82 Å². The Morgan fingerprint density at radius 1 is 1.45 bits per heavy atom. The number of hydrogen-bond donors (Lipinski definition) is 1. The number of benzene rings is 1. The van der Waals surface area contributed by atoms with Crippen LogP contribution < -0.4 is 5.73 Å². The molecule has 2 aromatic rings. The molecule has 7 heteroatoms. The van der Waals surface area contributed by atoms with E-state index >= 15 is 0 Å². The Balaban J connectivity index is 1.88. The second kappa shape index (κ2) is 4.89. The molecule has 0 spiro atoms. The zero-order valence-corrected chi connectivity index (χ0v) is 13.2. The first kappa shape index (κ1) is 13.9. The molecule has 1 saturated heterocycles. The van der Waals surface area contributed by atoms with Gasteiger partial charge in [0.1, 0.15) is 5.82 Å². The number of ether oxygens (including phenoxy) is 1. The fourth-order valence-electron chi connectivity index (χ4n) is 3.14. The van der Waals surface area contributed by atoms with Gasteiger partial charge in [-0.3, -0.25) is 4.79 Å². The molecule has 2 aliphatic heterocycles. The Bertz CT molecular complexity index is 805. The molecule has 1 amide bonds. The Hall–Kier alpha value is -1.73. The van der Waals surface area contributed by atoms with Gasteiger partial charge in [-0.2, -0.15) is 0 Å². The maximum Gasteiger partial charge on any atom is 0.258 e. The topological polar surface area (TPSA) is 68.4 Å². The Morgan fingerprint density at radius 2 is 2.27 bits per heavy atom. The monoisotopic (exact) mass is 365 g/mol. The van der Waals surface area contributed by atoms with Crippen molar-refractivity contribution in [2.24, 2.45) is 0 Å². The Morgan fingerprint density at radius 3 is 3.00 bits per heavy atom. The van der Waals surface area contributed by atoms with E-state index in [1.807, 2.05) is 0 Å². The normalized spacial score (nSPS) is 20.9. The molecule has 1 fully saturated rings. The van der Waals surface area contributed by atoms with Crippen LogP contribution >= 0.6 is 15.9 Å². The van der Waals surface area contributed by atoms with Crippen molar-refractivity contribution in [3.63, 3.8) is 0 Å². The molecule has 114 valence electrons. The third-order valence-corrected chi connectivity index (χ3v) is 5.06. The minimum atomic E-state index is -0.398. The summed E-state index contributed by atoms with van der Waals surface area (Å²) in [6.45, 7) is 1.59. The molecule has 1 aromatic heterocycles. The number of nitrogen functional groups attached to an aromatic ring is 1. The summed E-state index contributed by atoms with van der Waals surface area (Å²) in [5.74, 6) is -0.512. The van der Waals surface area contributed by atoms with Crippen molar-refractivity contribution in [2.45, 2.75) is 19.0 Å². The van der Waals surface area contributed by atoms with Gasteiger partial charge in [0.15, 0.2) is 0 Å². The summed E-state index contributed by atoms with van der Waals surface area (Å²) in [6, 6.07) is 2.94. The number of halogens is 2. The van der Waals surface area contributed by atoms with Gasteiger partial charge in [-0.25, -0.2) is 9.37 Å². The number of hydrogen-bond acceptors (Lipinski definition) is 4. The van der Waals surface area contributed by atoms with E-state index in [9.17, 15) is 9.18 Å². The number of aromatic nitrogens is 1. The molecule has 2 N–H and O–H groups in total. The molecule has 3 heterocycles. The van der Waals surface area contributed by atoms with Crippen LogP contribution in [0.3, 0.4) is 0 Å². The van der Waals surface area contributed by atoms with Crippen LogP contribution in [-0.2, 0) is 11.3 Å². The van der Waals surface area contributed by atoms with Crippen molar-refractivity contribution < 1.29 is 13.9 Å². The Labute approximate surface area is 134 Å². The first-order chi connectivity index (χ1) is 10.6. The molecular weight excluding hydrogens is 353 g/mol. The van der Waals surface area contributed by atoms with Gasteiger partial charge in [-0.15, -0.1) is 0 Å². The summed E-state index contributed by atoms with van der Waals surface area (Å²) in [6.07, 6.45) is 0.817. The Kier molecular flexibility index (Phi) is 3.09. The second-order valence-electron chi connectivity index (χ2n) is 5.56. The quantitative estimate of drug-likeness (QED) is 0.842. The van der Waals surface area contributed by atoms with Gasteiger partial charge in [-0.1, -0.05) is 0 Å². The molecule has 0 saturated carbocycles. The van der Waals surface area contributed by atoms with Gasteiger partial charge in [0.25, 0.3) is 5.91 Å². The third kappa shape index (κ3) is 1.85. The van der Waals surface area contributed by atoms with Crippen LogP contribution in [0.4, 0.5) is 10.1 Å². The number of carbonyl (C=O) groups is 1. The lowest BCUT2D eigenvalue weighted by Crippen LogP contribution is -2.35. The maximum absolute atomic E-state index is 13.7. The van der Waals surface area contributed by atoms with Gasteiger partial charge >= 0.3 is 0 Å². The molecule has 0 unspecified atom stereocenters. The fraction of sp³-hybridized carbons (Fsp3) is 0.333. The number of rotatable bonds is 1. The molecule has 1 aromatic carbocycles. The largest absolute Gasteiger partial charge is 0.397 e. The van der Waals surface area contributed by atoms with Gasteiger partial charge in [-0.05, 0) is 34.5 Å². The van der Waals surface area contributed by atoms with Crippen LogP contribution in [0.25, 0.3) is 10.9 Å². The number of nitrogens with two attached hydrogens (primary N) is 1. The van der Waals surface area contributed by atoms with Crippen LogP contribution in [0.2, 0.25) is 0 Å². The van der Waals surface area contributed by atoms with Gasteiger partial charge in [0.05, 0.1) is 46.1 Å². The van der Waals surface area contributed by atoms with Crippen molar-refractivity contribution in [1.82, 2.24) is 9.88 Å². The molecule has 1 atom stereocenters. The van der Waals surface area contributed by atoms with Crippen molar-refractivity contribution in [3.05, 3.63) is 33.7 Å². The summed E-state index contributed by atoms with van der Waals surface area (Å²) >= 11 is 3.21. The lowest BCUT2D eigenvalue weighted by Gasteiger charge is -2.21. The summed E-state index contributed by atoms with van der Waals surface area (Å²) in [7, 11) is 0. The van der Waals surface area contributed by atoms with E-state index in [-0.39, 0.29) is 16.4 Å². The van der Waals surface area contributed by atoms with Gasteiger partial charge in [0, 0.05) is 12.0 Å². The predicted octanol–water partition coefficient (Wildman–Crippen LogP) is 2.46. The highest BCUT2D eigenvalue weighted by Crippen LogP contribution is 2.37. The minimum absolute atomic E-state index is 0.0596. The van der Waals surface area contributed by atoms with Crippen LogP contribution in [0.15, 0.2) is 16.6 Å². The van der Waals surface area contributed by atoms with Crippen molar-refractivity contribution in [3.8, 4) is 0 Å². The lowest BCUT2D eigenvalue weighted by atomic mass is 10.1. The summed E-state index contributed by atoms with van der Waals surface area (Å²) in [5.41, 5.74) is 8.05. The minimum Gasteiger partial charge on any atom is -0.397 e. The van der Waals surface area contributed by atoms with Crippen LogP contribution in [-0.4, -0.2) is 35.0 Å². The molecule has 22 heavy (non-hydrogen) atoms. The average molecular weight is 366 g/mol. The third-order valence-electron chi connectivity index (χ3n) is 4.31. The zero-order valence-electron chi connectivity index (χ0n) is 11.6. The molecular formula is C15H13BrFN3O2. The summed E-state index contributed by atoms with van der Waals surface area (Å²) in [5, 5.41) is 0.588. The number of carbonyl (C=O) groups excluding carboxylic acids is 1. The zero-order chi connectivity index (χ0) is 15.4. The van der Waals surface area contributed by atoms with Crippen molar-refractivity contribution in [1.29, 1.82) is 0 Å². The van der Waals surface area contributed by atoms with Crippen LogP contribution in [0, 0.1) is 5.82 Å². The van der Waals surface area contributed by atoms with Crippen molar-refractivity contribution >= 4 is 38.4 Å². The number of anilines is 1. The van der Waals surface area contributed by atoms with E-state index in [4.69, 9.17) is 10.5 Å². The van der Waals surface area contributed by atoms with Gasteiger partial charge < -0.3 is 15.4 Å². The summed E-state index contributed by atoms with van der Waals surface area (Å²) < 4.78 is 19.3. The van der Waals surface area contributed by atoms with E-state index in [0.29, 0.717) is 47.6 Å². The average Bonchev–Trinajstić information content (AvgIpc) is 3.12. The van der Waals surface area contributed by atoms with E-state index in [1.54, 1.807) is 11.0 Å². The number of amides is 1. The SMILES string of the molecule is Nc1c2c(nc3c(Br)c(F)ccc13)CN([C@@H]1CCOC1)C2=O. The van der Waals surface area contributed by atoms with Crippen molar-refractivity contribution in [2.75, 3.05) is 18.9 Å². The van der Waals surface area contributed by atoms with Crippen LogP contribution in [0.5, 0.6) is 0 Å². The highest BCUT2D eigenvalue weighted by Gasteiger charge is 2.37. The number of fused-ring (bicyclic) bond motifs is 2. The molecule has 4 rings (SSSR count). The first-order valence-electron chi connectivity index (χ1n) is 7.02. The molecule has 5 nitrogen and oxygen atoms in total. The molecule has 0 bridgehead atoms. The number of pyridine rings is 1. The smallest absolute Gasteiger partial charge is 0.258 e. The summed E-state index contributed by atoms with van der Waals surface area (Å²) in [4.78, 5) is 18.9. The fourth-order valence-corrected chi connectivity index (χ4v) is 3.57. The second-order valence-corrected chi connectivity index (χ2v) is 6.35. The van der Waals surface area contributed by atoms with E-state index in [2.05, 4.69) is 20.9 Å². The molecule has 2 aliphatic rings.